The van der Waals surface area contributed by atoms with E-state index in [1.54, 1.807) is 7.11 Å². The van der Waals surface area contributed by atoms with E-state index in [1.807, 2.05) is 6.92 Å². The molecule has 1 aliphatic rings. The van der Waals surface area contributed by atoms with Crippen LogP contribution in [0.25, 0.3) is 0 Å². The van der Waals surface area contributed by atoms with Crippen LogP contribution in [-0.2, 0) is 14.3 Å². The topological polar surface area (TPSA) is 47.6 Å². The molecule has 1 aliphatic heterocycles. The van der Waals surface area contributed by atoms with Crippen molar-refractivity contribution in [3.63, 3.8) is 0 Å². The predicted molar refractivity (Wildman–Crippen MR) is 48.5 cm³/mol. The molecule has 0 amide bonds. The van der Waals surface area contributed by atoms with Crippen molar-refractivity contribution in [3.8, 4) is 0 Å². The Balaban J connectivity index is 2.27. The van der Waals surface area contributed by atoms with E-state index < -0.39 is 0 Å². The molecule has 0 radical (unpaired) electrons. The Kier molecular flexibility index (Phi) is 4.18. The molecule has 0 aromatic carbocycles. The average Bonchev–Trinajstić information content (AvgIpc) is 2.54. The fraction of sp³-hybridized carbons (Fsp3) is 0.889. The molecular weight excluding hydrogens is 170 g/mol. The van der Waals surface area contributed by atoms with Crippen molar-refractivity contribution in [2.24, 2.45) is 0 Å². The molecule has 4 heteroatoms. The van der Waals surface area contributed by atoms with E-state index >= 15 is 0 Å². The van der Waals surface area contributed by atoms with Gasteiger partial charge in [0.25, 0.3) is 0 Å². The molecule has 0 spiro atoms. The molecular formula is C9H17NO3. The van der Waals surface area contributed by atoms with Gasteiger partial charge in [-0.15, -0.1) is 0 Å². The molecule has 76 valence electrons. The van der Waals surface area contributed by atoms with Crippen LogP contribution in [0.5, 0.6) is 0 Å². The molecule has 0 saturated carbocycles. The highest BCUT2D eigenvalue weighted by Crippen LogP contribution is 2.13. The Labute approximate surface area is 78.6 Å². The van der Waals surface area contributed by atoms with E-state index in [-0.39, 0.29) is 12.0 Å². The Hall–Kier alpha value is -0.610. The van der Waals surface area contributed by atoms with Gasteiger partial charge >= 0.3 is 5.97 Å². The quantitative estimate of drug-likeness (QED) is 0.644. The van der Waals surface area contributed by atoms with E-state index in [9.17, 15) is 4.79 Å². The zero-order valence-corrected chi connectivity index (χ0v) is 8.21. The van der Waals surface area contributed by atoms with Crippen LogP contribution in [0.15, 0.2) is 0 Å². The minimum Gasteiger partial charge on any atom is -0.465 e. The monoisotopic (exact) mass is 187 g/mol. The molecule has 0 aromatic heterocycles. The minimum atomic E-state index is -0.138. The van der Waals surface area contributed by atoms with Crippen LogP contribution in [0.4, 0.5) is 0 Å². The van der Waals surface area contributed by atoms with Gasteiger partial charge in [0, 0.05) is 13.2 Å². The predicted octanol–water partition coefficient (Wildman–Crippen LogP) is 0.316. The van der Waals surface area contributed by atoms with Gasteiger partial charge in [-0.3, -0.25) is 10.1 Å². The lowest BCUT2D eigenvalue weighted by molar-refractivity contribution is -0.145. The second-order valence-electron chi connectivity index (χ2n) is 3.20. The van der Waals surface area contributed by atoms with Gasteiger partial charge in [0.2, 0.25) is 0 Å². The van der Waals surface area contributed by atoms with Crippen LogP contribution in [-0.4, -0.2) is 38.4 Å². The lowest BCUT2D eigenvalue weighted by Gasteiger charge is -2.12. The summed E-state index contributed by atoms with van der Waals surface area (Å²) in [5.74, 6) is -0.138. The fourth-order valence-corrected chi connectivity index (χ4v) is 1.58. The summed E-state index contributed by atoms with van der Waals surface area (Å²) < 4.78 is 9.91. The Morgan fingerprint density at radius 1 is 1.54 bits per heavy atom. The number of nitrogens with one attached hydrogen (secondary N) is 1. The summed E-state index contributed by atoms with van der Waals surface area (Å²) in [5, 5.41) is 3.18. The average molecular weight is 187 g/mol. The zero-order chi connectivity index (χ0) is 9.68. The van der Waals surface area contributed by atoms with Gasteiger partial charge in [-0.05, 0) is 19.8 Å². The molecule has 0 bridgehead atoms. The summed E-state index contributed by atoms with van der Waals surface area (Å²) in [6, 6.07) is 0.180. The van der Waals surface area contributed by atoms with Crippen LogP contribution >= 0.6 is 0 Å². The Morgan fingerprint density at radius 2 is 2.31 bits per heavy atom. The summed E-state index contributed by atoms with van der Waals surface area (Å²) in [7, 11) is 1.67. The Bertz CT molecular complexity index is 172. The van der Waals surface area contributed by atoms with Crippen molar-refractivity contribution in [1.82, 2.24) is 5.32 Å². The van der Waals surface area contributed by atoms with E-state index in [0.29, 0.717) is 19.3 Å². The first-order valence-electron chi connectivity index (χ1n) is 4.69. The van der Waals surface area contributed by atoms with Gasteiger partial charge in [-0.25, -0.2) is 0 Å². The number of methoxy groups -OCH3 is 1. The van der Waals surface area contributed by atoms with Crippen LogP contribution in [0.2, 0.25) is 0 Å². The molecule has 1 rings (SSSR count). The molecule has 0 aromatic rings. The third kappa shape index (κ3) is 2.97. The molecule has 1 saturated heterocycles. The standard InChI is InChI=1S/C9H17NO3/c1-3-13-9(11)8-5-4-7(10-8)6-12-2/h7-8,10H,3-6H2,1-2H3/t7-,8-/m0/s1. The van der Waals surface area contributed by atoms with Gasteiger partial charge in [-0.2, -0.15) is 0 Å². The normalized spacial score (nSPS) is 27.5. The molecule has 0 unspecified atom stereocenters. The van der Waals surface area contributed by atoms with Crippen LogP contribution in [0.1, 0.15) is 19.8 Å². The first kappa shape index (κ1) is 10.5. The second kappa shape index (κ2) is 5.19. The highest BCUT2D eigenvalue weighted by molar-refractivity contribution is 5.76. The number of carbonyl (C=O) groups excluding carboxylic acids is 1. The first-order valence-corrected chi connectivity index (χ1v) is 4.69. The maximum Gasteiger partial charge on any atom is 0.323 e. The summed E-state index contributed by atoms with van der Waals surface area (Å²) in [6.45, 7) is 2.93. The molecule has 1 heterocycles. The van der Waals surface area contributed by atoms with Crippen molar-refractivity contribution in [2.75, 3.05) is 20.3 Å². The molecule has 1 N–H and O–H groups in total. The number of esters is 1. The highest BCUT2D eigenvalue weighted by atomic mass is 16.5. The molecule has 1 fully saturated rings. The number of hydrogen-bond acceptors (Lipinski definition) is 4. The highest BCUT2D eigenvalue weighted by Gasteiger charge is 2.29. The van der Waals surface area contributed by atoms with Gasteiger partial charge < -0.3 is 9.47 Å². The first-order chi connectivity index (χ1) is 6.27. The van der Waals surface area contributed by atoms with Gasteiger partial charge in [0.1, 0.15) is 6.04 Å². The number of rotatable bonds is 4. The van der Waals surface area contributed by atoms with Gasteiger partial charge in [-0.1, -0.05) is 0 Å². The van der Waals surface area contributed by atoms with Crippen LogP contribution < -0.4 is 5.32 Å². The minimum absolute atomic E-state index is 0.125. The van der Waals surface area contributed by atoms with Crippen molar-refractivity contribution >= 4 is 5.97 Å². The number of carbonyl (C=O) groups is 1. The smallest absolute Gasteiger partial charge is 0.323 e. The van der Waals surface area contributed by atoms with Crippen molar-refractivity contribution < 1.29 is 14.3 Å². The molecule has 2 atom stereocenters. The van der Waals surface area contributed by atoms with Gasteiger partial charge in [0.15, 0.2) is 0 Å². The van der Waals surface area contributed by atoms with E-state index in [4.69, 9.17) is 9.47 Å². The maximum atomic E-state index is 11.3. The lowest BCUT2D eigenvalue weighted by atomic mass is 10.2. The van der Waals surface area contributed by atoms with Crippen LogP contribution in [0.3, 0.4) is 0 Å². The van der Waals surface area contributed by atoms with Crippen molar-refractivity contribution in [2.45, 2.75) is 31.8 Å². The number of hydrogen-bond donors (Lipinski definition) is 1. The van der Waals surface area contributed by atoms with E-state index in [2.05, 4.69) is 5.32 Å². The zero-order valence-electron chi connectivity index (χ0n) is 8.21. The molecule has 13 heavy (non-hydrogen) atoms. The van der Waals surface area contributed by atoms with Gasteiger partial charge in [0.05, 0.1) is 13.2 Å². The largest absolute Gasteiger partial charge is 0.465 e. The summed E-state index contributed by atoms with van der Waals surface area (Å²) in [6.07, 6.45) is 1.84. The van der Waals surface area contributed by atoms with Crippen molar-refractivity contribution in [1.29, 1.82) is 0 Å². The second-order valence-corrected chi connectivity index (χ2v) is 3.20. The van der Waals surface area contributed by atoms with E-state index in [0.717, 1.165) is 12.8 Å². The SMILES string of the molecule is CCOC(=O)[C@@H]1CC[C@@H](COC)N1. The summed E-state index contributed by atoms with van der Waals surface area (Å²) in [5.41, 5.74) is 0. The van der Waals surface area contributed by atoms with Crippen LogP contribution in [0, 0.1) is 0 Å². The molecule has 0 aliphatic carbocycles. The third-order valence-electron chi connectivity index (χ3n) is 2.18. The summed E-state index contributed by atoms with van der Waals surface area (Å²) >= 11 is 0. The van der Waals surface area contributed by atoms with Crippen molar-refractivity contribution in [3.05, 3.63) is 0 Å². The lowest BCUT2D eigenvalue weighted by Crippen LogP contribution is -2.38. The third-order valence-corrected chi connectivity index (χ3v) is 2.18. The molecule has 4 nitrogen and oxygen atoms in total. The maximum absolute atomic E-state index is 11.3. The summed E-state index contributed by atoms with van der Waals surface area (Å²) in [4.78, 5) is 11.3. The fourth-order valence-electron chi connectivity index (χ4n) is 1.58. The van der Waals surface area contributed by atoms with E-state index in [1.165, 1.54) is 0 Å². The number of ether oxygens (including phenoxy) is 2. The Morgan fingerprint density at radius 3 is 2.92 bits per heavy atom.